The number of carbonyl (C=O) groups excluding carboxylic acids is 2. The van der Waals surface area contributed by atoms with E-state index in [1.54, 1.807) is 18.2 Å². The zero-order valence-electron chi connectivity index (χ0n) is 18.1. The number of alkyl halides is 2. The summed E-state index contributed by atoms with van der Waals surface area (Å²) >= 11 is 0. The molecule has 7 nitrogen and oxygen atoms in total. The summed E-state index contributed by atoms with van der Waals surface area (Å²) in [7, 11) is 1.46. The lowest BCUT2D eigenvalue weighted by atomic mass is 10.0. The van der Waals surface area contributed by atoms with Crippen molar-refractivity contribution in [3.8, 4) is 5.75 Å². The molecule has 2 aliphatic heterocycles. The largest absolute Gasteiger partial charge is 0.497 e. The van der Waals surface area contributed by atoms with Crippen molar-refractivity contribution in [1.29, 1.82) is 0 Å². The van der Waals surface area contributed by atoms with E-state index >= 15 is 0 Å². The molecule has 9 heteroatoms. The third kappa shape index (κ3) is 4.41. The average molecular weight is 457 g/mol. The Balaban J connectivity index is 1.41. The van der Waals surface area contributed by atoms with Gasteiger partial charge in [-0.1, -0.05) is 18.7 Å². The van der Waals surface area contributed by atoms with Crippen LogP contribution < -0.4 is 15.4 Å². The van der Waals surface area contributed by atoms with Crippen LogP contribution in [-0.4, -0.2) is 41.2 Å². The number of halogens is 2. The zero-order chi connectivity index (χ0) is 23.8. The third-order valence-corrected chi connectivity index (χ3v) is 6.04. The van der Waals surface area contributed by atoms with Crippen LogP contribution >= 0.6 is 0 Å². The Kier molecular flexibility index (Phi) is 6.07. The number of piperidine rings is 1. The maximum atomic E-state index is 14.8. The van der Waals surface area contributed by atoms with Crippen LogP contribution in [0, 0.1) is 0 Å². The van der Waals surface area contributed by atoms with Gasteiger partial charge < -0.3 is 25.4 Å². The molecule has 0 aliphatic carbocycles. The van der Waals surface area contributed by atoms with Crippen molar-refractivity contribution in [1.82, 2.24) is 15.5 Å². The minimum absolute atomic E-state index is 0.0994. The summed E-state index contributed by atoms with van der Waals surface area (Å²) < 4.78 is 34.5. The highest BCUT2D eigenvalue weighted by atomic mass is 19.3. The Bertz CT molecular complexity index is 1090. The topological polar surface area (TPSA) is 90.9 Å². The van der Waals surface area contributed by atoms with E-state index < -0.39 is 23.9 Å². The van der Waals surface area contributed by atoms with Gasteiger partial charge in [0.2, 0.25) is 5.91 Å². The number of methoxy groups -OCH3 is 1. The molecule has 0 radical (unpaired) electrons. The molecule has 2 atom stereocenters. The van der Waals surface area contributed by atoms with Gasteiger partial charge in [-0.15, -0.1) is 0 Å². The number of amides is 2. The highest BCUT2D eigenvalue weighted by molar-refractivity contribution is 6.01. The van der Waals surface area contributed by atoms with Gasteiger partial charge in [0.15, 0.2) is 0 Å². The maximum absolute atomic E-state index is 14.8. The molecule has 2 amide bonds. The van der Waals surface area contributed by atoms with E-state index in [4.69, 9.17) is 4.74 Å². The van der Waals surface area contributed by atoms with Crippen molar-refractivity contribution in [2.24, 2.45) is 0 Å². The molecule has 1 saturated heterocycles. The van der Waals surface area contributed by atoms with E-state index in [2.05, 4.69) is 17.2 Å². The van der Waals surface area contributed by atoms with Crippen molar-refractivity contribution in [3.63, 3.8) is 0 Å². The maximum Gasteiger partial charge on any atom is 0.311 e. The summed E-state index contributed by atoms with van der Waals surface area (Å²) in [5.41, 5.74) is 1.28. The molecule has 0 spiro atoms. The first-order chi connectivity index (χ1) is 15.7. The van der Waals surface area contributed by atoms with Crippen LogP contribution in [0.15, 0.2) is 54.7 Å². The van der Waals surface area contributed by atoms with Crippen LogP contribution in [-0.2, 0) is 23.8 Å². The number of allylic oxidation sites excluding steroid dienone is 1. The number of nitrogens with one attached hydrogen (secondary N) is 2. The van der Waals surface area contributed by atoms with Crippen molar-refractivity contribution in [2.45, 2.75) is 44.1 Å². The standard InChI is InChI=1S/C24H25F2N3O4/c1-14(24(25,26)17-4-6-18(33-2)7-5-17)27-12-15-3-8-19-16(11-15)13-29(23(19)32)20-9-10-21(30)28-22(20)31/h3-8,11,20-21,27,30H,1,9-10,12-13H2,2H3,(H,28,31). The van der Waals surface area contributed by atoms with Crippen molar-refractivity contribution in [3.05, 3.63) is 77.0 Å². The Morgan fingerprint density at radius 1 is 1.24 bits per heavy atom. The lowest BCUT2D eigenvalue weighted by Gasteiger charge is -2.32. The average Bonchev–Trinajstić information content (AvgIpc) is 3.12. The molecular formula is C24H25F2N3O4. The normalized spacial score (nSPS) is 20.3. The van der Waals surface area contributed by atoms with Gasteiger partial charge >= 0.3 is 5.92 Å². The second-order valence-electron chi connectivity index (χ2n) is 8.18. The van der Waals surface area contributed by atoms with Gasteiger partial charge in [-0.05, 0) is 54.3 Å². The second-order valence-corrected chi connectivity index (χ2v) is 8.18. The molecule has 4 rings (SSSR count). The number of hydrogen-bond donors (Lipinski definition) is 3. The van der Waals surface area contributed by atoms with Gasteiger partial charge in [0.05, 0.1) is 12.8 Å². The number of fused-ring (bicyclic) bond motifs is 1. The fraction of sp³-hybridized carbons (Fsp3) is 0.333. The van der Waals surface area contributed by atoms with Gasteiger partial charge in [-0.2, -0.15) is 8.78 Å². The molecule has 2 aliphatic rings. The summed E-state index contributed by atoms with van der Waals surface area (Å²) in [4.78, 5) is 26.5. The van der Waals surface area contributed by atoms with E-state index in [0.29, 0.717) is 29.7 Å². The Morgan fingerprint density at radius 3 is 2.64 bits per heavy atom. The summed E-state index contributed by atoms with van der Waals surface area (Å²) in [6.45, 7) is 3.86. The Labute approximate surface area is 190 Å². The van der Waals surface area contributed by atoms with Crippen molar-refractivity contribution < 1.29 is 28.2 Å². The summed E-state index contributed by atoms with van der Waals surface area (Å²) in [5.74, 6) is -3.43. The summed E-state index contributed by atoms with van der Waals surface area (Å²) in [6, 6.07) is 9.99. The molecular weight excluding hydrogens is 432 g/mol. The van der Waals surface area contributed by atoms with Gasteiger partial charge in [0.1, 0.15) is 18.0 Å². The molecule has 174 valence electrons. The molecule has 0 saturated carbocycles. The van der Waals surface area contributed by atoms with Gasteiger partial charge in [0.25, 0.3) is 5.91 Å². The van der Waals surface area contributed by atoms with Crippen LogP contribution in [0.1, 0.15) is 39.9 Å². The number of rotatable bonds is 7. The number of nitrogens with zero attached hydrogens (tertiary/aromatic N) is 1. The fourth-order valence-corrected chi connectivity index (χ4v) is 4.13. The number of hydrogen-bond acceptors (Lipinski definition) is 5. The SMILES string of the molecule is C=C(NCc1ccc2c(c1)CN(C1CCC(O)NC1=O)C2=O)C(F)(F)c1ccc(OC)cc1. The van der Waals surface area contributed by atoms with Crippen LogP contribution in [0.3, 0.4) is 0 Å². The van der Waals surface area contributed by atoms with Crippen LogP contribution in [0.25, 0.3) is 0 Å². The first-order valence-electron chi connectivity index (χ1n) is 10.6. The lowest BCUT2D eigenvalue weighted by Crippen LogP contribution is -2.54. The first kappa shape index (κ1) is 22.7. The van der Waals surface area contributed by atoms with E-state index in [9.17, 15) is 23.5 Å². The molecule has 33 heavy (non-hydrogen) atoms. The van der Waals surface area contributed by atoms with Crippen molar-refractivity contribution >= 4 is 11.8 Å². The molecule has 2 unspecified atom stereocenters. The lowest BCUT2D eigenvalue weighted by molar-refractivity contribution is -0.132. The molecule has 1 fully saturated rings. The number of carbonyl (C=O) groups is 2. The smallest absolute Gasteiger partial charge is 0.311 e. The van der Waals surface area contributed by atoms with E-state index in [1.165, 1.54) is 36.3 Å². The predicted octanol–water partition coefficient (Wildman–Crippen LogP) is 2.64. The number of ether oxygens (including phenoxy) is 1. The number of benzene rings is 2. The zero-order valence-corrected chi connectivity index (χ0v) is 18.1. The monoisotopic (exact) mass is 457 g/mol. The Hall–Kier alpha value is -3.46. The molecule has 0 aromatic heterocycles. The third-order valence-electron chi connectivity index (χ3n) is 6.04. The highest BCUT2D eigenvalue weighted by Crippen LogP contribution is 2.35. The van der Waals surface area contributed by atoms with Crippen LogP contribution in [0.4, 0.5) is 8.78 Å². The first-order valence-corrected chi connectivity index (χ1v) is 10.6. The molecule has 2 aromatic carbocycles. The summed E-state index contributed by atoms with van der Waals surface area (Å²) in [5, 5.41) is 14.7. The summed E-state index contributed by atoms with van der Waals surface area (Å²) in [6.07, 6.45) is -0.145. The van der Waals surface area contributed by atoms with E-state index in [0.717, 1.165) is 5.56 Å². The van der Waals surface area contributed by atoms with E-state index in [1.807, 2.05) is 0 Å². The van der Waals surface area contributed by atoms with E-state index in [-0.39, 0.29) is 30.5 Å². The van der Waals surface area contributed by atoms with Gasteiger partial charge in [0, 0.05) is 24.2 Å². The van der Waals surface area contributed by atoms with Crippen molar-refractivity contribution in [2.75, 3.05) is 7.11 Å². The molecule has 2 heterocycles. The van der Waals surface area contributed by atoms with Gasteiger partial charge in [-0.3, -0.25) is 9.59 Å². The van der Waals surface area contributed by atoms with Crippen LogP contribution in [0.2, 0.25) is 0 Å². The predicted molar refractivity (Wildman–Crippen MR) is 116 cm³/mol. The Morgan fingerprint density at radius 2 is 1.97 bits per heavy atom. The fourth-order valence-electron chi connectivity index (χ4n) is 4.13. The molecule has 2 aromatic rings. The molecule has 0 bridgehead atoms. The van der Waals surface area contributed by atoms with Gasteiger partial charge in [-0.25, -0.2) is 0 Å². The highest BCUT2D eigenvalue weighted by Gasteiger charge is 2.39. The number of aliphatic hydroxyl groups is 1. The molecule has 3 N–H and O–H groups in total. The minimum atomic E-state index is -3.28. The quantitative estimate of drug-likeness (QED) is 0.595. The minimum Gasteiger partial charge on any atom is -0.497 e. The van der Waals surface area contributed by atoms with Crippen LogP contribution in [0.5, 0.6) is 5.75 Å². The second kappa shape index (κ2) is 8.82. The number of aliphatic hydroxyl groups excluding tert-OH is 1.